The Kier molecular flexibility index (Phi) is 7.38. The summed E-state index contributed by atoms with van der Waals surface area (Å²) in [6.07, 6.45) is 2.63. The standard InChI is InChI=1S/C7H15NO3S.Na/c1-4-5-11-12(9,10)6-7(2,3)8;/h4-5H,6,8H2,1-3H3;. The summed E-state index contributed by atoms with van der Waals surface area (Å²) < 4.78 is 26.6. The molecular weight excluding hydrogens is 201 g/mol. The normalized spacial score (nSPS) is 12.6. The Bertz CT molecular complexity index is 253. The fourth-order valence-corrected chi connectivity index (χ4v) is 1.89. The van der Waals surface area contributed by atoms with E-state index in [0.29, 0.717) is 0 Å². The molecule has 73 valence electrons. The van der Waals surface area contributed by atoms with Gasteiger partial charge in [-0.2, -0.15) is 8.42 Å². The van der Waals surface area contributed by atoms with Gasteiger partial charge in [0.15, 0.2) is 0 Å². The molecule has 0 aromatic carbocycles. The summed E-state index contributed by atoms with van der Waals surface area (Å²) in [6, 6.07) is 0. The third kappa shape index (κ3) is 10.4. The first kappa shape index (κ1) is 15.9. The van der Waals surface area contributed by atoms with Gasteiger partial charge in [0.1, 0.15) is 12.0 Å². The fraction of sp³-hybridized carbons (Fsp3) is 0.714. The summed E-state index contributed by atoms with van der Waals surface area (Å²) in [6.45, 7) is 4.93. The Morgan fingerprint density at radius 2 is 1.92 bits per heavy atom. The van der Waals surface area contributed by atoms with E-state index < -0.39 is 15.7 Å². The molecule has 0 aliphatic carbocycles. The second kappa shape index (κ2) is 6.03. The Labute approximate surface area is 102 Å². The van der Waals surface area contributed by atoms with Gasteiger partial charge in [0.05, 0.1) is 0 Å². The first-order chi connectivity index (χ1) is 5.27. The minimum atomic E-state index is -3.51. The van der Waals surface area contributed by atoms with Gasteiger partial charge in [0.2, 0.25) is 0 Å². The zero-order valence-corrected chi connectivity index (χ0v) is 11.4. The zero-order valence-electron chi connectivity index (χ0n) is 8.57. The van der Waals surface area contributed by atoms with E-state index in [0.717, 1.165) is 6.26 Å². The molecule has 0 saturated carbocycles. The van der Waals surface area contributed by atoms with Crippen LogP contribution < -0.4 is 5.73 Å². The molecule has 2 N–H and O–H groups in total. The average molecular weight is 216 g/mol. The maximum absolute atomic E-state index is 11.1. The summed E-state index contributed by atoms with van der Waals surface area (Å²) in [5.74, 6) is -0.190. The van der Waals surface area contributed by atoms with E-state index in [4.69, 9.17) is 5.73 Å². The molecule has 0 amide bonds. The first-order valence-electron chi connectivity index (χ1n) is 3.58. The van der Waals surface area contributed by atoms with Crippen molar-refractivity contribution in [2.75, 3.05) is 5.75 Å². The number of rotatable bonds is 4. The Morgan fingerprint density at radius 1 is 1.46 bits per heavy atom. The van der Waals surface area contributed by atoms with Crippen LogP contribution in [0.3, 0.4) is 0 Å². The van der Waals surface area contributed by atoms with E-state index >= 15 is 0 Å². The molecule has 13 heavy (non-hydrogen) atoms. The molecule has 0 spiro atoms. The smallest absolute Gasteiger partial charge is 0.310 e. The van der Waals surface area contributed by atoms with Gasteiger partial charge in [-0.05, 0) is 20.8 Å². The summed E-state index contributed by atoms with van der Waals surface area (Å²) in [5, 5.41) is 0. The van der Waals surface area contributed by atoms with Crippen LogP contribution in [-0.2, 0) is 14.3 Å². The van der Waals surface area contributed by atoms with Crippen LogP contribution in [-0.4, -0.2) is 49.3 Å². The summed E-state index contributed by atoms with van der Waals surface area (Å²) in [7, 11) is -3.51. The van der Waals surface area contributed by atoms with Crippen molar-refractivity contribution in [3.05, 3.63) is 12.3 Å². The van der Waals surface area contributed by atoms with Gasteiger partial charge < -0.3 is 9.92 Å². The Balaban J connectivity index is 0. The summed E-state index contributed by atoms with van der Waals surface area (Å²) >= 11 is 0. The molecule has 0 bridgehead atoms. The fourth-order valence-electron chi connectivity index (χ4n) is 0.630. The largest absolute Gasteiger partial charge is 0.391 e. The maximum Gasteiger partial charge on any atom is 0.310 e. The second-order valence-electron chi connectivity index (χ2n) is 3.26. The topological polar surface area (TPSA) is 69.4 Å². The molecule has 0 fully saturated rings. The third-order valence-corrected chi connectivity index (χ3v) is 2.39. The van der Waals surface area contributed by atoms with E-state index in [2.05, 4.69) is 4.18 Å². The molecule has 0 atom stereocenters. The van der Waals surface area contributed by atoms with Gasteiger partial charge >= 0.3 is 10.1 Å². The van der Waals surface area contributed by atoms with E-state index in [1.807, 2.05) is 0 Å². The predicted octanol–water partition coefficient (Wildman–Crippen LogP) is 0.223. The van der Waals surface area contributed by atoms with Crippen LogP contribution in [0, 0.1) is 0 Å². The molecule has 0 aromatic heterocycles. The summed E-state index contributed by atoms with van der Waals surface area (Å²) in [4.78, 5) is 0. The number of allylic oxidation sites excluding steroid dienone is 1. The van der Waals surface area contributed by atoms with Crippen molar-refractivity contribution < 1.29 is 12.6 Å². The minimum Gasteiger partial charge on any atom is -0.391 e. The Hall–Kier alpha value is 0.450. The molecule has 0 unspecified atom stereocenters. The van der Waals surface area contributed by atoms with Gasteiger partial charge in [-0.1, -0.05) is 6.08 Å². The molecule has 0 saturated heterocycles. The van der Waals surface area contributed by atoms with Crippen molar-refractivity contribution in [2.45, 2.75) is 26.3 Å². The first-order valence-corrected chi connectivity index (χ1v) is 5.15. The van der Waals surface area contributed by atoms with E-state index in [9.17, 15) is 8.42 Å². The van der Waals surface area contributed by atoms with Crippen LogP contribution in [0.5, 0.6) is 0 Å². The third-order valence-electron chi connectivity index (χ3n) is 0.887. The number of hydrogen-bond donors (Lipinski definition) is 1. The van der Waals surface area contributed by atoms with Gasteiger partial charge in [0, 0.05) is 35.1 Å². The predicted molar refractivity (Wildman–Crippen MR) is 53.7 cm³/mol. The average Bonchev–Trinajstić information content (AvgIpc) is 1.78. The molecule has 0 aliphatic rings. The van der Waals surface area contributed by atoms with Crippen molar-refractivity contribution in [2.24, 2.45) is 5.73 Å². The van der Waals surface area contributed by atoms with Crippen LogP contribution in [0.1, 0.15) is 20.8 Å². The maximum atomic E-state index is 11.1. The van der Waals surface area contributed by atoms with Gasteiger partial charge in [0.25, 0.3) is 0 Å². The second-order valence-corrected chi connectivity index (χ2v) is 4.85. The van der Waals surface area contributed by atoms with Crippen LogP contribution >= 0.6 is 0 Å². The van der Waals surface area contributed by atoms with E-state index in [1.54, 1.807) is 20.8 Å². The van der Waals surface area contributed by atoms with Crippen LogP contribution in [0.25, 0.3) is 0 Å². The van der Waals surface area contributed by atoms with Gasteiger partial charge in [-0.15, -0.1) is 0 Å². The van der Waals surface area contributed by atoms with Crippen molar-refractivity contribution in [1.29, 1.82) is 0 Å². The Morgan fingerprint density at radius 3 is 2.23 bits per heavy atom. The molecule has 0 heterocycles. The number of hydrogen-bond acceptors (Lipinski definition) is 4. The van der Waals surface area contributed by atoms with E-state index in [-0.39, 0.29) is 35.3 Å². The SMILES string of the molecule is CC=COS(=O)(=O)CC(C)(C)N.[Na]. The molecule has 1 radical (unpaired) electrons. The van der Waals surface area contributed by atoms with Crippen LogP contribution in [0.15, 0.2) is 12.3 Å². The monoisotopic (exact) mass is 216 g/mol. The van der Waals surface area contributed by atoms with Gasteiger partial charge in [-0.3, -0.25) is 0 Å². The van der Waals surface area contributed by atoms with Crippen LogP contribution in [0.4, 0.5) is 0 Å². The summed E-state index contributed by atoms with van der Waals surface area (Å²) in [5.41, 5.74) is 4.75. The van der Waals surface area contributed by atoms with E-state index in [1.165, 1.54) is 6.08 Å². The molecular formula is C7H15NNaO3S. The molecule has 0 aromatic rings. The molecule has 6 heteroatoms. The molecule has 4 nitrogen and oxygen atoms in total. The van der Waals surface area contributed by atoms with Crippen molar-refractivity contribution in [3.63, 3.8) is 0 Å². The van der Waals surface area contributed by atoms with Gasteiger partial charge in [-0.25, -0.2) is 0 Å². The van der Waals surface area contributed by atoms with Crippen molar-refractivity contribution in [3.8, 4) is 0 Å². The molecule has 0 aliphatic heterocycles. The van der Waals surface area contributed by atoms with Crippen molar-refractivity contribution >= 4 is 39.7 Å². The number of nitrogens with two attached hydrogens (primary N) is 1. The quantitative estimate of drug-likeness (QED) is 0.415. The zero-order chi connectivity index (χ0) is 9.83. The van der Waals surface area contributed by atoms with Crippen LogP contribution in [0.2, 0.25) is 0 Å². The van der Waals surface area contributed by atoms with Crippen molar-refractivity contribution in [1.82, 2.24) is 0 Å². The molecule has 0 rings (SSSR count). The minimum absolute atomic E-state index is 0.